The molecule has 0 saturated carbocycles. The Hall–Kier alpha value is -0.0800. The number of methoxy groups -OCH3 is 1. The molecule has 2 saturated heterocycles. The Morgan fingerprint density at radius 2 is 2.00 bits per heavy atom. The second-order valence-electron chi connectivity index (χ2n) is 4.47. The molecule has 0 amide bonds. The van der Waals surface area contributed by atoms with E-state index in [0.29, 0.717) is 6.42 Å². The van der Waals surface area contributed by atoms with E-state index in [1.54, 1.807) is 0 Å². The zero-order valence-corrected chi connectivity index (χ0v) is 12.0. The summed E-state index contributed by atoms with van der Waals surface area (Å²) in [7, 11) is 1.18. The first-order chi connectivity index (χ1) is 8.89. The lowest BCUT2D eigenvalue weighted by atomic mass is 10.0. The first-order valence-electron chi connectivity index (χ1n) is 5.97. The molecule has 3 nitrogen and oxygen atoms in total. The summed E-state index contributed by atoms with van der Waals surface area (Å²) in [6.07, 6.45) is -6.24. The van der Waals surface area contributed by atoms with Crippen molar-refractivity contribution in [3.63, 3.8) is 0 Å². The first-order valence-corrected chi connectivity index (χ1v) is 7.94. The van der Waals surface area contributed by atoms with E-state index in [1.807, 2.05) is 0 Å². The van der Waals surface area contributed by atoms with E-state index in [0.717, 1.165) is 17.9 Å². The van der Waals surface area contributed by atoms with Crippen molar-refractivity contribution in [2.45, 2.75) is 41.7 Å². The molecule has 0 N–H and O–H groups in total. The third-order valence-electron chi connectivity index (χ3n) is 3.22. The highest BCUT2D eigenvalue weighted by Crippen LogP contribution is 2.53. The highest BCUT2D eigenvalue weighted by atomic mass is 32.2. The number of carbonyl (C=O) groups excluding carboxylic acids is 1. The van der Waals surface area contributed by atoms with Crippen molar-refractivity contribution >= 4 is 29.5 Å². The smallest absolute Gasteiger partial charge is 0.414 e. The van der Waals surface area contributed by atoms with E-state index in [2.05, 4.69) is 4.74 Å². The number of thioether (sulfide) groups is 2. The van der Waals surface area contributed by atoms with Gasteiger partial charge in [-0.25, -0.2) is 4.79 Å². The van der Waals surface area contributed by atoms with Crippen LogP contribution in [-0.2, 0) is 14.3 Å². The van der Waals surface area contributed by atoms with Gasteiger partial charge in [-0.05, 0) is 30.8 Å². The van der Waals surface area contributed by atoms with Gasteiger partial charge in [0.2, 0.25) is 0 Å². The molecule has 2 aliphatic rings. The molecule has 2 rings (SSSR count). The van der Waals surface area contributed by atoms with Crippen LogP contribution in [0.5, 0.6) is 0 Å². The van der Waals surface area contributed by atoms with Crippen molar-refractivity contribution in [2.75, 3.05) is 18.6 Å². The average molecular weight is 316 g/mol. The third-order valence-corrected chi connectivity index (χ3v) is 6.72. The van der Waals surface area contributed by atoms with Gasteiger partial charge in [-0.1, -0.05) is 0 Å². The number of rotatable bonds is 1. The number of esters is 1. The summed E-state index contributed by atoms with van der Waals surface area (Å²) < 4.78 is 47.3. The first kappa shape index (κ1) is 15.3. The molecule has 0 aromatic rings. The van der Waals surface area contributed by atoms with Crippen LogP contribution in [0, 0.1) is 0 Å². The third kappa shape index (κ3) is 3.16. The Morgan fingerprint density at radius 3 is 2.53 bits per heavy atom. The Balaban J connectivity index is 2.19. The molecule has 0 radical (unpaired) electrons. The van der Waals surface area contributed by atoms with Crippen molar-refractivity contribution in [3.8, 4) is 0 Å². The SMILES string of the molecule is COC(=O)[C@@H]1O[C@H](C(F)(F)F)CCC12SCCCS2. The van der Waals surface area contributed by atoms with Gasteiger partial charge in [0, 0.05) is 0 Å². The second-order valence-corrected chi connectivity index (χ2v) is 7.58. The van der Waals surface area contributed by atoms with Crippen LogP contribution in [0.15, 0.2) is 0 Å². The highest BCUT2D eigenvalue weighted by molar-refractivity contribution is 8.18. The van der Waals surface area contributed by atoms with Crippen LogP contribution in [0.4, 0.5) is 13.2 Å². The van der Waals surface area contributed by atoms with Crippen LogP contribution < -0.4 is 0 Å². The Labute approximate surface area is 118 Å². The molecule has 2 heterocycles. The summed E-state index contributed by atoms with van der Waals surface area (Å²) in [4.78, 5) is 11.8. The van der Waals surface area contributed by atoms with Crippen molar-refractivity contribution in [3.05, 3.63) is 0 Å². The molecule has 19 heavy (non-hydrogen) atoms. The Bertz CT molecular complexity index is 343. The van der Waals surface area contributed by atoms with Crippen molar-refractivity contribution < 1.29 is 27.4 Å². The molecule has 0 aliphatic carbocycles. The van der Waals surface area contributed by atoms with Crippen molar-refractivity contribution in [1.29, 1.82) is 0 Å². The van der Waals surface area contributed by atoms with Crippen LogP contribution in [-0.4, -0.2) is 47.0 Å². The molecule has 8 heteroatoms. The Morgan fingerprint density at radius 1 is 1.37 bits per heavy atom. The van der Waals surface area contributed by atoms with Gasteiger partial charge >= 0.3 is 12.1 Å². The molecule has 2 atom stereocenters. The second kappa shape index (κ2) is 5.73. The normalized spacial score (nSPS) is 31.2. The minimum Gasteiger partial charge on any atom is -0.467 e. The van der Waals surface area contributed by atoms with Crippen LogP contribution in [0.3, 0.4) is 0 Å². The lowest BCUT2D eigenvalue weighted by Gasteiger charge is -2.46. The van der Waals surface area contributed by atoms with Crippen LogP contribution in [0.25, 0.3) is 0 Å². The van der Waals surface area contributed by atoms with Gasteiger partial charge in [0.1, 0.15) is 0 Å². The van der Waals surface area contributed by atoms with Crippen molar-refractivity contribution in [2.24, 2.45) is 0 Å². The minimum atomic E-state index is -4.43. The van der Waals surface area contributed by atoms with Crippen LogP contribution >= 0.6 is 23.5 Å². The highest BCUT2D eigenvalue weighted by Gasteiger charge is 2.56. The van der Waals surface area contributed by atoms with Crippen LogP contribution in [0.2, 0.25) is 0 Å². The number of halogens is 3. The maximum atomic E-state index is 12.7. The maximum absolute atomic E-state index is 12.7. The average Bonchev–Trinajstić information content (AvgIpc) is 2.38. The summed E-state index contributed by atoms with van der Waals surface area (Å²) >= 11 is 3.04. The van der Waals surface area contributed by atoms with Gasteiger partial charge < -0.3 is 9.47 Å². The molecular formula is C11H15F3O3S2. The molecule has 2 aliphatic heterocycles. The standard InChI is InChI=1S/C11H15F3O3S2/c1-16-9(15)8-10(18-5-2-6-19-10)4-3-7(17-8)11(12,13)14/h7-8H,2-6H2,1H3/t7-,8-/m0/s1. The maximum Gasteiger partial charge on any atom is 0.414 e. The van der Waals surface area contributed by atoms with E-state index in [1.165, 1.54) is 30.6 Å². The van der Waals surface area contributed by atoms with E-state index in [9.17, 15) is 18.0 Å². The summed E-state index contributed by atoms with van der Waals surface area (Å²) in [5.41, 5.74) is 0. The quantitative estimate of drug-likeness (QED) is 0.695. The largest absolute Gasteiger partial charge is 0.467 e. The van der Waals surface area contributed by atoms with Gasteiger partial charge in [0.15, 0.2) is 12.2 Å². The lowest BCUT2D eigenvalue weighted by Crippen LogP contribution is -2.54. The summed E-state index contributed by atoms with van der Waals surface area (Å²) in [5, 5.41) is 0. The molecule has 0 bridgehead atoms. The number of hydrogen-bond donors (Lipinski definition) is 0. The number of carbonyl (C=O) groups is 1. The predicted molar refractivity (Wildman–Crippen MR) is 68.2 cm³/mol. The fraction of sp³-hybridized carbons (Fsp3) is 0.909. The molecule has 0 aromatic heterocycles. The topological polar surface area (TPSA) is 35.5 Å². The number of hydrogen-bond acceptors (Lipinski definition) is 5. The van der Waals surface area contributed by atoms with E-state index >= 15 is 0 Å². The van der Waals surface area contributed by atoms with Crippen LogP contribution in [0.1, 0.15) is 19.3 Å². The summed E-state index contributed by atoms with van der Waals surface area (Å²) in [5.74, 6) is 0.956. The molecule has 0 unspecified atom stereocenters. The van der Waals surface area contributed by atoms with Gasteiger partial charge in [0.25, 0.3) is 0 Å². The van der Waals surface area contributed by atoms with E-state index < -0.39 is 28.4 Å². The molecule has 0 aromatic carbocycles. The predicted octanol–water partition coefficient (Wildman–Crippen LogP) is 2.84. The lowest BCUT2D eigenvalue weighted by molar-refractivity contribution is -0.246. The van der Waals surface area contributed by atoms with Gasteiger partial charge in [-0.3, -0.25) is 0 Å². The number of alkyl halides is 3. The van der Waals surface area contributed by atoms with E-state index in [4.69, 9.17) is 4.74 Å². The molecule has 110 valence electrons. The fourth-order valence-corrected chi connectivity index (χ4v) is 5.68. The van der Waals surface area contributed by atoms with Gasteiger partial charge in [-0.2, -0.15) is 13.2 Å². The van der Waals surface area contributed by atoms with Gasteiger partial charge in [0.05, 0.1) is 11.2 Å². The van der Waals surface area contributed by atoms with Gasteiger partial charge in [-0.15, -0.1) is 23.5 Å². The zero-order chi connectivity index (χ0) is 14.1. The Kier molecular flexibility index (Phi) is 4.62. The summed E-state index contributed by atoms with van der Waals surface area (Å²) in [6, 6.07) is 0. The molecule has 1 spiro atoms. The van der Waals surface area contributed by atoms with E-state index in [-0.39, 0.29) is 6.42 Å². The summed E-state index contributed by atoms with van der Waals surface area (Å²) in [6.45, 7) is 0. The zero-order valence-electron chi connectivity index (χ0n) is 10.4. The molecule has 2 fully saturated rings. The fourth-order valence-electron chi connectivity index (χ4n) is 2.27. The minimum absolute atomic E-state index is 0.100. The molecular weight excluding hydrogens is 301 g/mol. The number of ether oxygens (including phenoxy) is 2. The monoisotopic (exact) mass is 316 g/mol. The van der Waals surface area contributed by atoms with Crippen molar-refractivity contribution in [1.82, 2.24) is 0 Å².